The lowest BCUT2D eigenvalue weighted by molar-refractivity contribution is -0.110. The van der Waals surface area contributed by atoms with Gasteiger partial charge in [-0.05, 0) is 29.8 Å². The number of nitrogens with one attached hydrogen (secondary N) is 2. The van der Waals surface area contributed by atoms with E-state index in [-0.39, 0.29) is 17.2 Å². The van der Waals surface area contributed by atoms with Crippen LogP contribution in [-0.2, 0) is 4.79 Å². The lowest BCUT2D eigenvalue weighted by atomic mass is 9.91. The SMILES string of the molecule is N#Cc1ccc(/C=C(\C(=N)N)C(=O)C2=CCNc3ccccc32)cc1. The lowest BCUT2D eigenvalue weighted by Gasteiger charge is -2.19. The van der Waals surface area contributed by atoms with Crippen LogP contribution in [0.2, 0.25) is 0 Å². The largest absolute Gasteiger partial charge is 0.384 e. The molecule has 0 spiro atoms. The van der Waals surface area contributed by atoms with Gasteiger partial charge < -0.3 is 11.1 Å². The first kappa shape index (κ1) is 16.2. The molecule has 0 aromatic heterocycles. The molecule has 0 bridgehead atoms. The van der Waals surface area contributed by atoms with Crippen molar-refractivity contribution in [3.63, 3.8) is 0 Å². The second-order valence-corrected chi connectivity index (χ2v) is 5.58. The third kappa shape index (κ3) is 3.33. The predicted octanol–water partition coefficient (Wildman–Crippen LogP) is 2.96. The minimum atomic E-state index is -0.286. The molecule has 0 amide bonds. The number of allylic oxidation sites excluding steroid dienone is 1. The van der Waals surface area contributed by atoms with E-state index < -0.39 is 0 Å². The van der Waals surface area contributed by atoms with E-state index in [2.05, 4.69) is 5.32 Å². The molecule has 0 atom stereocenters. The summed E-state index contributed by atoms with van der Waals surface area (Å²) < 4.78 is 0. The average molecular weight is 328 g/mol. The van der Waals surface area contributed by atoms with Gasteiger partial charge >= 0.3 is 0 Å². The second kappa shape index (κ2) is 6.85. The molecule has 0 unspecified atom stereocenters. The van der Waals surface area contributed by atoms with Crippen molar-refractivity contribution in [1.82, 2.24) is 0 Å². The lowest BCUT2D eigenvalue weighted by Crippen LogP contribution is -2.22. The van der Waals surface area contributed by atoms with Gasteiger partial charge in [-0.1, -0.05) is 36.4 Å². The highest BCUT2D eigenvalue weighted by atomic mass is 16.1. The van der Waals surface area contributed by atoms with Gasteiger partial charge in [0, 0.05) is 23.4 Å². The van der Waals surface area contributed by atoms with Crippen LogP contribution >= 0.6 is 0 Å². The van der Waals surface area contributed by atoms with E-state index >= 15 is 0 Å². The number of fused-ring (bicyclic) bond motifs is 1. The molecule has 5 heteroatoms. The van der Waals surface area contributed by atoms with Crippen LogP contribution in [0.3, 0.4) is 0 Å². The Hall–Kier alpha value is -3.65. The summed E-state index contributed by atoms with van der Waals surface area (Å²) in [5, 5.41) is 19.9. The van der Waals surface area contributed by atoms with Crippen molar-refractivity contribution in [1.29, 1.82) is 10.7 Å². The standard InChI is InChI=1S/C20H16N4O/c21-12-14-7-5-13(6-8-14)11-17(20(22)23)19(25)16-9-10-24-18-4-2-1-3-15(16)18/h1-9,11,24H,10H2,(H3,22,23)/b17-11-. The zero-order chi connectivity index (χ0) is 17.8. The molecule has 3 rings (SSSR count). The molecule has 0 aliphatic carbocycles. The number of para-hydroxylation sites is 1. The Labute approximate surface area is 145 Å². The van der Waals surface area contributed by atoms with Crippen LogP contribution in [0.15, 0.2) is 60.2 Å². The summed E-state index contributed by atoms with van der Waals surface area (Å²) in [6.45, 7) is 0.542. The molecule has 0 radical (unpaired) electrons. The summed E-state index contributed by atoms with van der Waals surface area (Å²) in [5.41, 5.74) is 9.25. The third-order valence-electron chi connectivity index (χ3n) is 3.95. The van der Waals surface area contributed by atoms with Crippen molar-refractivity contribution >= 4 is 29.0 Å². The maximum Gasteiger partial charge on any atom is 0.197 e. The Balaban J connectivity index is 2.00. The Bertz CT molecular complexity index is 946. The minimum absolute atomic E-state index is 0.132. The average Bonchev–Trinajstić information content (AvgIpc) is 2.65. The maximum absolute atomic E-state index is 13.0. The van der Waals surface area contributed by atoms with Crippen LogP contribution in [0.4, 0.5) is 5.69 Å². The van der Waals surface area contributed by atoms with Crippen LogP contribution in [0.1, 0.15) is 16.7 Å². The van der Waals surface area contributed by atoms with Gasteiger partial charge in [0.05, 0.1) is 17.2 Å². The van der Waals surface area contributed by atoms with Gasteiger partial charge in [-0.3, -0.25) is 10.2 Å². The Morgan fingerprint density at radius 3 is 2.60 bits per heavy atom. The molecule has 0 saturated heterocycles. The van der Waals surface area contributed by atoms with Crippen molar-refractivity contribution in [3.8, 4) is 6.07 Å². The van der Waals surface area contributed by atoms with E-state index in [0.29, 0.717) is 23.2 Å². The summed E-state index contributed by atoms with van der Waals surface area (Å²) in [4.78, 5) is 13.0. The minimum Gasteiger partial charge on any atom is -0.384 e. The Morgan fingerprint density at radius 1 is 1.20 bits per heavy atom. The quantitative estimate of drug-likeness (QED) is 0.456. The van der Waals surface area contributed by atoms with Crippen molar-refractivity contribution in [2.75, 3.05) is 11.9 Å². The molecule has 0 saturated carbocycles. The van der Waals surface area contributed by atoms with Gasteiger partial charge in [-0.2, -0.15) is 5.26 Å². The molecule has 2 aromatic carbocycles. The molecule has 1 heterocycles. The normalized spacial score (nSPS) is 13.1. The van der Waals surface area contributed by atoms with Crippen LogP contribution in [0, 0.1) is 16.7 Å². The van der Waals surface area contributed by atoms with Gasteiger partial charge in [0.25, 0.3) is 0 Å². The number of hydrogen-bond acceptors (Lipinski definition) is 4. The molecule has 122 valence electrons. The third-order valence-corrected chi connectivity index (χ3v) is 3.95. The number of nitrogens with two attached hydrogens (primary N) is 1. The first-order valence-electron chi connectivity index (χ1n) is 7.74. The van der Waals surface area contributed by atoms with Crippen LogP contribution in [-0.4, -0.2) is 18.2 Å². The van der Waals surface area contributed by atoms with Gasteiger partial charge in [-0.15, -0.1) is 0 Å². The maximum atomic E-state index is 13.0. The van der Waals surface area contributed by atoms with Gasteiger partial charge in [0.15, 0.2) is 5.78 Å². The van der Waals surface area contributed by atoms with Crippen molar-refractivity contribution < 1.29 is 4.79 Å². The topological polar surface area (TPSA) is 103 Å². The first-order chi connectivity index (χ1) is 12.1. The predicted molar refractivity (Wildman–Crippen MR) is 99.0 cm³/mol. The monoisotopic (exact) mass is 328 g/mol. The van der Waals surface area contributed by atoms with Crippen molar-refractivity contribution in [2.45, 2.75) is 0 Å². The second-order valence-electron chi connectivity index (χ2n) is 5.58. The number of rotatable bonds is 4. The number of carbonyl (C=O) groups excluding carboxylic acids is 1. The number of hydrogen-bond donors (Lipinski definition) is 3. The molecule has 2 aromatic rings. The van der Waals surface area contributed by atoms with Crippen molar-refractivity contribution in [2.24, 2.45) is 5.73 Å². The molecular weight excluding hydrogens is 312 g/mol. The van der Waals surface area contributed by atoms with E-state index in [0.717, 1.165) is 11.3 Å². The summed E-state index contributed by atoms with van der Waals surface area (Å²) in [7, 11) is 0. The molecule has 1 aliphatic rings. The van der Waals surface area contributed by atoms with E-state index in [9.17, 15) is 4.79 Å². The van der Waals surface area contributed by atoms with Crippen molar-refractivity contribution in [3.05, 3.63) is 76.9 Å². The molecular formula is C20H16N4O. The molecule has 4 N–H and O–H groups in total. The summed E-state index contributed by atoms with van der Waals surface area (Å²) in [6, 6.07) is 16.4. The number of anilines is 1. The van der Waals surface area contributed by atoms with E-state index in [4.69, 9.17) is 16.4 Å². The fraction of sp³-hybridized carbons (Fsp3) is 0.0500. The smallest absolute Gasteiger partial charge is 0.197 e. The Morgan fingerprint density at radius 2 is 1.92 bits per heavy atom. The number of benzene rings is 2. The number of ketones is 1. The summed E-state index contributed by atoms with van der Waals surface area (Å²) in [6.07, 6.45) is 3.39. The fourth-order valence-electron chi connectivity index (χ4n) is 2.69. The van der Waals surface area contributed by atoms with Gasteiger partial charge in [0.1, 0.15) is 5.84 Å². The Kier molecular flexibility index (Phi) is 4.44. The number of Topliss-reactive ketones (excluding diaryl/α,β-unsaturated/α-hetero) is 1. The van der Waals surface area contributed by atoms with E-state index in [1.54, 1.807) is 36.4 Å². The van der Waals surface area contributed by atoms with Gasteiger partial charge in [0.2, 0.25) is 0 Å². The summed E-state index contributed by atoms with van der Waals surface area (Å²) >= 11 is 0. The zero-order valence-corrected chi connectivity index (χ0v) is 13.4. The molecule has 5 nitrogen and oxygen atoms in total. The number of nitrogens with zero attached hydrogens (tertiary/aromatic N) is 1. The number of nitriles is 1. The zero-order valence-electron chi connectivity index (χ0n) is 13.4. The number of carbonyl (C=O) groups is 1. The molecule has 25 heavy (non-hydrogen) atoms. The first-order valence-corrected chi connectivity index (χ1v) is 7.74. The highest BCUT2D eigenvalue weighted by molar-refractivity contribution is 6.40. The molecule has 1 aliphatic heterocycles. The number of amidine groups is 1. The summed E-state index contributed by atoms with van der Waals surface area (Å²) in [5.74, 6) is -0.572. The fourth-order valence-corrected chi connectivity index (χ4v) is 2.69. The van der Waals surface area contributed by atoms with Crippen LogP contribution < -0.4 is 11.1 Å². The van der Waals surface area contributed by atoms with E-state index in [1.807, 2.05) is 30.3 Å². The van der Waals surface area contributed by atoms with Crippen LogP contribution in [0.25, 0.3) is 11.6 Å². The highest BCUT2D eigenvalue weighted by Gasteiger charge is 2.22. The van der Waals surface area contributed by atoms with Crippen LogP contribution in [0.5, 0.6) is 0 Å². The van der Waals surface area contributed by atoms with Gasteiger partial charge in [-0.25, -0.2) is 0 Å². The van der Waals surface area contributed by atoms with E-state index in [1.165, 1.54) is 0 Å². The molecule has 0 fully saturated rings. The highest BCUT2D eigenvalue weighted by Crippen LogP contribution is 2.29.